The Morgan fingerprint density at radius 1 is 0.597 bits per heavy atom. The van der Waals surface area contributed by atoms with Gasteiger partial charge in [-0.1, -0.05) is 72.8 Å². The van der Waals surface area contributed by atoms with Gasteiger partial charge in [0.05, 0.1) is 35.9 Å². The largest absolute Gasteiger partial charge is 0.340 e. The van der Waals surface area contributed by atoms with Crippen LogP contribution in [0.3, 0.4) is 0 Å². The molecule has 3 aromatic carbocycles. The Balaban J connectivity index is 0.771. The minimum Gasteiger partial charge on any atom is -0.340 e. The third kappa shape index (κ3) is 7.50. The zero-order chi connectivity index (χ0) is 41.6. The Morgan fingerprint density at radius 3 is 1.66 bits per heavy atom. The normalized spacial score (nSPS) is 20.9. The molecule has 1 aliphatic carbocycles. The summed E-state index contributed by atoms with van der Waals surface area (Å²) in [7, 11) is 0. The van der Waals surface area contributed by atoms with Gasteiger partial charge in [0.1, 0.15) is 23.7 Å². The number of fused-ring (bicyclic) bond motifs is 2. The summed E-state index contributed by atoms with van der Waals surface area (Å²) in [6.07, 6.45) is 9.30. The summed E-state index contributed by atoms with van der Waals surface area (Å²) in [6, 6.07) is 26.6. The lowest BCUT2D eigenvalue weighted by atomic mass is 9.87. The van der Waals surface area contributed by atoms with Crippen molar-refractivity contribution < 1.29 is 28.5 Å². The molecule has 0 spiro atoms. The van der Waals surface area contributed by atoms with Crippen molar-refractivity contribution in [3.8, 4) is 22.5 Å². The predicted molar refractivity (Wildman–Crippen MR) is 225 cm³/mol. The summed E-state index contributed by atoms with van der Waals surface area (Å²) in [5.41, 5.74) is 10.2. The molecule has 4 atom stereocenters. The first kappa shape index (κ1) is 38.8. The first-order valence-electron chi connectivity index (χ1n) is 21.4. The molecule has 15 heteroatoms. The fourth-order valence-corrected chi connectivity index (χ4v) is 9.43. The summed E-state index contributed by atoms with van der Waals surface area (Å²) in [5, 5.41) is 6.46. The molecule has 7 heterocycles. The smallest absolute Gasteiger partial charge is 0.245 e. The van der Waals surface area contributed by atoms with E-state index in [2.05, 4.69) is 44.9 Å². The molecule has 6 aromatic rings. The Morgan fingerprint density at radius 2 is 1.13 bits per heavy atom. The van der Waals surface area contributed by atoms with Crippen molar-refractivity contribution in [2.75, 3.05) is 26.7 Å². The highest BCUT2D eigenvalue weighted by atomic mass is 16.9. The first-order valence-corrected chi connectivity index (χ1v) is 21.4. The zero-order valence-corrected chi connectivity index (χ0v) is 34.0. The second-order valence-electron chi connectivity index (χ2n) is 16.5. The van der Waals surface area contributed by atoms with Crippen molar-refractivity contribution in [2.24, 2.45) is 0 Å². The lowest BCUT2D eigenvalue weighted by Crippen LogP contribution is -2.50. The van der Waals surface area contributed by atoms with E-state index in [0.29, 0.717) is 19.5 Å². The van der Waals surface area contributed by atoms with Crippen LogP contribution in [0.15, 0.2) is 104 Å². The molecule has 5 aliphatic rings. The number of rotatable bonds is 12. The van der Waals surface area contributed by atoms with E-state index in [1.807, 2.05) is 89.1 Å². The molecule has 0 radical (unpaired) electrons. The average molecular weight is 834 g/mol. The SMILES string of the molecule is O=C([C@H](NC1OCO1)c1ccccc1)N1CCC[C@H]1c1ncc(-c2ccc3c(c2)Cc2ncc(-c4cnc([C@@H]5CCCN5C(=O)[C@H](NC5OCO5)c5ccccc5)[nH]4)cc2C3)[nH]1. The highest BCUT2D eigenvalue weighted by molar-refractivity contribution is 5.85. The highest BCUT2D eigenvalue weighted by Gasteiger charge is 2.40. The third-order valence-electron chi connectivity index (χ3n) is 12.8. The van der Waals surface area contributed by atoms with E-state index in [4.69, 9.17) is 33.9 Å². The number of hydrogen-bond donors (Lipinski definition) is 4. The van der Waals surface area contributed by atoms with Crippen molar-refractivity contribution in [2.45, 2.75) is 75.5 Å². The molecule has 0 saturated carbocycles. The van der Waals surface area contributed by atoms with Gasteiger partial charge in [0.25, 0.3) is 0 Å². The van der Waals surface area contributed by atoms with E-state index in [9.17, 15) is 9.59 Å². The topological polar surface area (TPSA) is 172 Å². The number of hydrogen-bond acceptors (Lipinski definition) is 11. The maximum atomic E-state index is 14.1. The minimum atomic E-state index is -0.616. The molecule has 4 aliphatic heterocycles. The second-order valence-corrected chi connectivity index (χ2v) is 16.5. The molecule has 11 rings (SSSR count). The number of aromatic nitrogens is 5. The Kier molecular flexibility index (Phi) is 10.4. The van der Waals surface area contributed by atoms with E-state index in [1.54, 1.807) is 0 Å². The average Bonchev–Trinajstić information content (AvgIpc) is 4.12. The summed E-state index contributed by atoms with van der Waals surface area (Å²) < 4.78 is 21.8. The predicted octanol–water partition coefficient (Wildman–Crippen LogP) is 5.92. The molecular weight excluding hydrogens is 787 g/mol. The van der Waals surface area contributed by atoms with Crippen LogP contribution >= 0.6 is 0 Å². The number of likely N-dealkylation sites (tertiary alicyclic amines) is 2. The number of aromatic amines is 2. The number of carbonyl (C=O) groups excluding carboxylic acids is 2. The van der Waals surface area contributed by atoms with Gasteiger partial charge in [-0.25, -0.2) is 9.97 Å². The van der Waals surface area contributed by atoms with Gasteiger partial charge in [-0.3, -0.25) is 25.2 Å². The van der Waals surface area contributed by atoms with Gasteiger partial charge in [-0.05, 0) is 77.6 Å². The fourth-order valence-electron chi connectivity index (χ4n) is 9.43. The van der Waals surface area contributed by atoms with Crippen molar-refractivity contribution >= 4 is 11.8 Å². The standard InChI is InChI=1S/C47H47N9O6/c57-44(40(53-46-59-26-60-46)28-9-3-1-4-10-28)55-17-7-13-38(55)42-49-24-36(51-42)31-16-15-30-19-33-21-34(23-48-35(33)22-32(30)20-31)37-25-50-43(52-37)39-14-8-18-56(39)45(58)41(54-47-61-27-62-47)29-11-5-2-6-12-29/h1-6,9-12,15-16,20-21,23-25,38-41,46-47,53-54H,7-8,13-14,17-19,22,26-27H2,(H,49,51)(H,50,52)/t38-,39-,40+,41+/m0/s1. The van der Waals surface area contributed by atoms with Crippen LogP contribution < -0.4 is 10.6 Å². The molecule has 3 aromatic heterocycles. The number of imidazole rings is 2. The number of pyridine rings is 1. The van der Waals surface area contributed by atoms with Gasteiger partial charge in [-0.15, -0.1) is 0 Å². The number of amides is 2. The molecule has 0 bridgehead atoms. The Bertz CT molecular complexity index is 2400. The molecule has 316 valence electrons. The Labute approximate surface area is 358 Å². The van der Waals surface area contributed by atoms with Crippen molar-refractivity contribution in [3.63, 3.8) is 0 Å². The van der Waals surface area contributed by atoms with Crippen LogP contribution in [0, 0.1) is 0 Å². The quantitative estimate of drug-likeness (QED) is 0.115. The van der Waals surface area contributed by atoms with Gasteiger partial charge in [0.2, 0.25) is 24.6 Å². The monoisotopic (exact) mass is 833 g/mol. The number of ether oxygens (including phenoxy) is 4. The molecular formula is C47H47N9O6. The summed E-state index contributed by atoms with van der Waals surface area (Å²) in [4.78, 5) is 53.8. The second kappa shape index (κ2) is 16.7. The number of benzene rings is 3. The number of nitrogens with zero attached hydrogens (tertiary/aromatic N) is 5. The summed E-state index contributed by atoms with van der Waals surface area (Å²) >= 11 is 0. The van der Waals surface area contributed by atoms with Crippen LogP contribution in [-0.2, 0) is 41.4 Å². The molecule has 2 amide bonds. The third-order valence-corrected chi connectivity index (χ3v) is 12.8. The lowest BCUT2D eigenvalue weighted by molar-refractivity contribution is -0.335. The number of carbonyl (C=O) groups is 2. The van der Waals surface area contributed by atoms with Crippen LogP contribution in [0.5, 0.6) is 0 Å². The lowest BCUT2D eigenvalue weighted by Gasteiger charge is -2.34. The van der Waals surface area contributed by atoms with Crippen molar-refractivity contribution in [1.29, 1.82) is 0 Å². The van der Waals surface area contributed by atoms with Gasteiger partial charge >= 0.3 is 0 Å². The Hall–Kier alpha value is -6.07. The maximum absolute atomic E-state index is 14.1. The van der Waals surface area contributed by atoms with Crippen LogP contribution in [-0.4, -0.2) is 86.0 Å². The van der Waals surface area contributed by atoms with Crippen LogP contribution in [0.2, 0.25) is 0 Å². The number of H-pyrrole nitrogens is 2. The maximum Gasteiger partial charge on any atom is 0.245 e. The van der Waals surface area contributed by atoms with Crippen LogP contribution in [0.1, 0.15) is 95.0 Å². The van der Waals surface area contributed by atoms with E-state index in [0.717, 1.165) is 83.1 Å². The minimum absolute atomic E-state index is 0.0315. The molecule has 4 saturated heterocycles. The molecule has 4 N–H and O–H groups in total. The van der Waals surface area contributed by atoms with Crippen LogP contribution in [0.4, 0.5) is 0 Å². The van der Waals surface area contributed by atoms with Crippen LogP contribution in [0.25, 0.3) is 22.5 Å². The van der Waals surface area contributed by atoms with Gasteiger partial charge in [0.15, 0.2) is 13.6 Å². The summed E-state index contributed by atoms with van der Waals surface area (Å²) in [6.45, 7) is 1.71. The first-order chi connectivity index (χ1) is 30.5. The van der Waals surface area contributed by atoms with E-state index in [1.165, 1.54) is 16.7 Å². The molecule has 15 nitrogen and oxygen atoms in total. The van der Waals surface area contributed by atoms with Gasteiger partial charge < -0.3 is 38.7 Å². The van der Waals surface area contributed by atoms with Crippen molar-refractivity contribution in [3.05, 3.63) is 149 Å². The van der Waals surface area contributed by atoms with E-state index in [-0.39, 0.29) is 37.5 Å². The van der Waals surface area contributed by atoms with Gasteiger partial charge in [-0.2, -0.15) is 0 Å². The van der Waals surface area contributed by atoms with Gasteiger partial charge in [0, 0.05) is 37.0 Å². The number of nitrogens with one attached hydrogen (secondary N) is 4. The highest BCUT2D eigenvalue weighted by Crippen LogP contribution is 2.38. The zero-order valence-electron chi connectivity index (χ0n) is 34.0. The molecule has 4 fully saturated rings. The molecule has 62 heavy (non-hydrogen) atoms. The fraction of sp³-hybridized carbons (Fsp3) is 0.340. The van der Waals surface area contributed by atoms with E-state index >= 15 is 0 Å². The van der Waals surface area contributed by atoms with E-state index < -0.39 is 24.9 Å². The summed E-state index contributed by atoms with van der Waals surface area (Å²) in [5.74, 6) is 1.48. The van der Waals surface area contributed by atoms with Crippen molar-refractivity contribution in [1.82, 2.24) is 45.4 Å². The molecule has 0 unspecified atom stereocenters.